The van der Waals surface area contributed by atoms with Crippen LogP contribution in [0.15, 0.2) is 65.3 Å². The lowest BCUT2D eigenvalue weighted by molar-refractivity contribution is -0.142. The summed E-state index contributed by atoms with van der Waals surface area (Å²) in [5, 5.41) is 10.6. The highest BCUT2D eigenvalue weighted by Gasteiger charge is 2.22. The third-order valence-electron chi connectivity index (χ3n) is 7.08. The number of pyridine rings is 1. The predicted octanol–water partition coefficient (Wildman–Crippen LogP) is 5.84. The zero-order valence-corrected chi connectivity index (χ0v) is 25.6. The maximum Gasteiger partial charge on any atom is 0.412 e. The summed E-state index contributed by atoms with van der Waals surface area (Å²) < 4.78 is 17.5. The van der Waals surface area contributed by atoms with E-state index >= 15 is 0 Å². The van der Waals surface area contributed by atoms with Gasteiger partial charge in [-0.2, -0.15) is 0 Å². The topological polar surface area (TPSA) is 154 Å². The van der Waals surface area contributed by atoms with Crippen molar-refractivity contribution in [3.63, 3.8) is 0 Å². The highest BCUT2D eigenvalue weighted by molar-refractivity contribution is 6.07. The van der Waals surface area contributed by atoms with Gasteiger partial charge in [0.05, 0.1) is 42.1 Å². The summed E-state index contributed by atoms with van der Waals surface area (Å²) in [6.07, 6.45) is 1.75. The molecule has 5 aromatic rings. The van der Waals surface area contributed by atoms with Crippen LogP contribution in [0.25, 0.3) is 22.0 Å². The maximum absolute atomic E-state index is 13.7. The molecule has 2 amide bonds. The second kappa shape index (κ2) is 13.9. The number of imidazole rings is 1. The Bertz CT molecular complexity index is 1820. The van der Waals surface area contributed by atoms with Crippen LogP contribution in [0.3, 0.4) is 0 Å². The minimum Gasteiger partial charge on any atom is -0.466 e. The number of ether oxygens (including phenoxy) is 2. The van der Waals surface area contributed by atoms with Gasteiger partial charge in [0.2, 0.25) is 0 Å². The van der Waals surface area contributed by atoms with Crippen molar-refractivity contribution in [2.45, 2.75) is 39.7 Å². The van der Waals surface area contributed by atoms with E-state index in [1.54, 1.807) is 49.5 Å². The number of amides is 2. The first-order chi connectivity index (χ1) is 21.8. The summed E-state index contributed by atoms with van der Waals surface area (Å²) >= 11 is 0. The first-order valence-corrected chi connectivity index (χ1v) is 14.7. The number of rotatable bonds is 12. The number of nitrogens with one attached hydrogen (secondary N) is 2. The van der Waals surface area contributed by atoms with E-state index in [0.29, 0.717) is 40.9 Å². The largest absolute Gasteiger partial charge is 0.466 e. The van der Waals surface area contributed by atoms with Crippen molar-refractivity contribution in [1.82, 2.24) is 19.7 Å². The van der Waals surface area contributed by atoms with Gasteiger partial charge in [-0.25, -0.2) is 14.8 Å². The predicted molar refractivity (Wildman–Crippen MR) is 169 cm³/mol. The molecule has 5 rings (SSSR count). The van der Waals surface area contributed by atoms with E-state index in [2.05, 4.69) is 20.8 Å². The molecular formula is C32H35N7O6. The van der Waals surface area contributed by atoms with E-state index in [9.17, 15) is 14.4 Å². The lowest BCUT2D eigenvalue weighted by Crippen LogP contribution is -2.34. The average molecular weight is 614 g/mol. The summed E-state index contributed by atoms with van der Waals surface area (Å²) in [5.74, 6) is 0.758. The number of fused-ring (bicyclic) bond motifs is 2. The van der Waals surface area contributed by atoms with Gasteiger partial charge in [-0.3, -0.25) is 19.8 Å². The van der Waals surface area contributed by atoms with Crippen molar-refractivity contribution >= 4 is 57.3 Å². The molecule has 13 heteroatoms. The van der Waals surface area contributed by atoms with Crippen LogP contribution in [-0.2, 0) is 21.3 Å². The summed E-state index contributed by atoms with van der Waals surface area (Å²) in [6, 6.07) is 15.8. The zero-order valence-electron chi connectivity index (χ0n) is 25.6. The fourth-order valence-corrected chi connectivity index (χ4v) is 4.93. The molecule has 45 heavy (non-hydrogen) atoms. The van der Waals surface area contributed by atoms with Crippen LogP contribution in [-0.4, -0.2) is 57.4 Å². The second-order valence-electron chi connectivity index (χ2n) is 10.3. The van der Waals surface area contributed by atoms with E-state index in [1.807, 2.05) is 43.7 Å². The van der Waals surface area contributed by atoms with Crippen molar-refractivity contribution in [1.29, 1.82) is 0 Å². The molecule has 2 aromatic carbocycles. The van der Waals surface area contributed by atoms with Crippen LogP contribution in [0.4, 0.5) is 22.1 Å². The third kappa shape index (κ3) is 7.03. The Labute approximate surface area is 259 Å². The van der Waals surface area contributed by atoms with Gasteiger partial charge in [-0.05, 0) is 68.8 Å². The van der Waals surface area contributed by atoms with E-state index in [4.69, 9.17) is 19.0 Å². The summed E-state index contributed by atoms with van der Waals surface area (Å²) in [6.45, 7) is 6.32. The van der Waals surface area contributed by atoms with Crippen molar-refractivity contribution in [2.75, 3.05) is 35.3 Å². The number of hydrogen-bond donors (Lipinski definition) is 2. The quantitative estimate of drug-likeness (QED) is 0.164. The van der Waals surface area contributed by atoms with Gasteiger partial charge in [-0.15, -0.1) is 0 Å². The Morgan fingerprint density at radius 1 is 1.07 bits per heavy atom. The van der Waals surface area contributed by atoms with Gasteiger partial charge in [0.15, 0.2) is 11.4 Å². The molecule has 2 N–H and O–H groups in total. The SMILES string of the molecule is CCCOC(=O)Nc1noc2ccc(NC(C)c3nc4cc(C(=O)N(CCC(=O)OCC)c5ccccn5)ccc4n3C)cc12. The molecule has 0 fully saturated rings. The van der Waals surface area contributed by atoms with Crippen LogP contribution >= 0.6 is 0 Å². The van der Waals surface area contributed by atoms with Gasteiger partial charge in [-0.1, -0.05) is 18.1 Å². The number of hydrogen-bond acceptors (Lipinski definition) is 10. The van der Waals surface area contributed by atoms with E-state index in [0.717, 1.165) is 17.0 Å². The van der Waals surface area contributed by atoms with E-state index < -0.39 is 6.09 Å². The maximum atomic E-state index is 13.7. The fourth-order valence-electron chi connectivity index (χ4n) is 4.93. The molecule has 0 spiro atoms. The molecule has 0 aliphatic heterocycles. The standard InChI is InChI=1S/C32H35N7O6/c1-5-17-44-32(42)36-29-23-19-22(11-13-26(23)45-37-29)34-20(3)30-35-24-18-21(10-12-25(24)38(30)4)31(41)39(16-14-28(40)43-6-2)27-9-7-8-15-33-27/h7-13,15,18-20,34H,5-6,14,16-17H2,1-4H3,(H,36,37,42). The molecule has 0 saturated carbocycles. The van der Waals surface area contributed by atoms with Crippen LogP contribution in [0.1, 0.15) is 55.8 Å². The van der Waals surface area contributed by atoms with E-state index in [-0.39, 0.29) is 43.3 Å². The summed E-state index contributed by atoms with van der Waals surface area (Å²) in [5.41, 5.74) is 3.18. The smallest absolute Gasteiger partial charge is 0.412 e. The van der Waals surface area contributed by atoms with Crippen molar-refractivity contribution in [3.8, 4) is 0 Å². The van der Waals surface area contributed by atoms with Crippen molar-refractivity contribution < 1.29 is 28.4 Å². The molecule has 234 valence electrons. The Kier molecular flexibility index (Phi) is 9.56. The molecule has 0 aliphatic carbocycles. The number of carbonyl (C=O) groups is 3. The van der Waals surface area contributed by atoms with Crippen molar-refractivity contribution in [2.24, 2.45) is 7.05 Å². The van der Waals surface area contributed by atoms with Crippen LogP contribution in [0, 0.1) is 0 Å². The van der Waals surface area contributed by atoms with Gasteiger partial charge in [0.1, 0.15) is 11.6 Å². The Balaban J connectivity index is 1.36. The van der Waals surface area contributed by atoms with Gasteiger partial charge in [0, 0.05) is 31.0 Å². The van der Waals surface area contributed by atoms with Crippen LogP contribution < -0.4 is 15.5 Å². The van der Waals surface area contributed by atoms with Crippen LogP contribution in [0.2, 0.25) is 0 Å². The van der Waals surface area contributed by atoms with Gasteiger partial charge in [0.25, 0.3) is 5.91 Å². The third-order valence-corrected chi connectivity index (χ3v) is 7.08. The molecule has 1 atom stereocenters. The summed E-state index contributed by atoms with van der Waals surface area (Å²) in [4.78, 5) is 48.5. The number of aromatic nitrogens is 4. The normalized spacial score (nSPS) is 11.7. The minimum atomic E-state index is -0.599. The van der Waals surface area contributed by atoms with Gasteiger partial charge < -0.3 is 23.9 Å². The number of esters is 1. The number of aryl methyl sites for hydroxylation is 1. The minimum absolute atomic E-state index is 0.0382. The zero-order chi connectivity index (χ0) is 31.9. The molecule has 1 unspecified atom stereocenters. The Morgan fingerprint density at radius 2 is 1.91 bits per heavy atom. The number of carbonyl (C=O) groups excluding carboxylic acids is 3. The number of anilines is 3. The Morgan fingerprint density at radius 3 is 2.67 bits per heavy atom. The second-order valence-corrected chi connectivity index (χ2v) is 10.3. The molecule has 0 bridgehead atoms. The number of benzene rings is 2. The highest BCUT2D eigenvalue weighted by atomic mass is 16.5. The molecule has 0 saturated heterocycles. The average Bonchev–Trinajstić information content (AvgIpc) is 3.60. The molecule has 3 heterocycles. The lowest BCUT2D eigenvalue weighted by atomic mass is 10.1. The molecular weight excluding hydrogens is 578 g/mol. The number of nitrogens with zero attached hydrogens (tertiary/aromatic N) is 5. The monoisotopic (exact) mass is 613 g/mol. The van der Waals surface area contributed by atoms with Crippen molar-refractivity contribution in [3.05, 3.63) is 72.2 Å². The molecule has 0 aliphatic rings. The summed E-state index contributed by atoms with van der Waals surface area (Å²) in [7, 11) is 1.91. The van der Waals surface area contributed by atoms with Gasteiger partial charge >= 0.3 is 12.1 Å². The first-order valence-electron chi connectivity index (χ1n) is 14.7. The fraction of sp³-hybridized carbons (Fsp3) is 0.312. The lowest BCUT2D eigenvalue weighted by Gasteiger charge is -2.21. The van der Waals surface area contributed by atoms with Crippen LogP contribution in [0.5, 0.6) is 0 Å². The Hall–Kier alpha value is -5.46. The highest BCUT2D eigenvalue weighted by Crippen LogP contribution is 2.29. The molecule has 13 nitrogen and oxygen atoms in total. The first kappa shape index (κ1) is 31.0. The molecule has 0 radical (unpaired) electrons. The van der Waals surface area contributed by atoms with E-state index in [1.165, 1.54) is 4.90 Å². The molecule has 3 aromatic heterocycles.